The second-order valence-corrected chi connectivity index (χ2v) is 7.66. The molecule has 0 amide bonds. The van der Waals surface area contributed by atoms with Crippen LogP contribution in [0.15, 0.2) is 29.2 Å². The van der Waals surface area contributed by atoms with Crippen LogP contribution in [-0.2, 0) is 10.0 Å². The third-order valence-electron chi connectivity index (χ3n) is 4.28. The summed E-state index contributed by atoms with van der Waals surface area (Å²) in [7, 11) is -3.59. The third-order valence-corrected chi connectivity index (χ3v) is 5.80. The van der Waals surface area contributed by atoms with E-state index in [1.54, 1.807) is 12.1 Å². The molecule has 5 heteroatoms. The van der Waals surface area contributed by atoms with E-state index in [0.29, 0.717) is 12.5 Å². The number of nitriles is 1. The summed E-state index contributed by atoms with van der Waals surface area (Å²) in [5, 5.41) is 8.99. The van der Waals surface area contributed by atoms with Gasteiger partial charge in [-0.25, -0.2) is 13.1 Å². The Hall–Kier alpha value is -1.38. The number of nitrogens with one attached hydrogen (secondary N) is 1. The number of hydrogen-bond donors (Lipinski definition) is 1. The molecule has 0 saturated heterocycles. The Morgan fingerprint density at radius 1 is 1.24 bits per heavy atom. The molecule has 1 N–H and O–H groups in total. The zero-order chi connectivity index (χ0) is 15.3. The van der Waals surface area contributed by atoms with Crippen molar-refractivity contribution in [2.24, 2.45) is 11.8 Å². The Balaban J connectivity index is 1.91. The van der Waals surface area contributed by atoms with E-state index >= 15 is 0 Å². The summed E-state index contributed by atoms with van der Waals surface area (Å²) in [6, 6.07) is 8.23. The molecule has 0 atom stereocenters. The van der Waals surface area contributed by atoms with E-state index in [2.05, 4.69) is 11.6 Å². The van der Waals surface area contributed by atoms with E-state index in [4.69, 9.17) is 5.26 Å². The Bertz CT molecular complexity index is 611. The fourth-order valence-electron chi connectivity index (χ4n) is 2.89. The maximum atomic E-state index is 12.2. The summed E-state index contributed by atoms with van der Waals surface area (Å²) >= 11 is 0. The number of sulfonamides is 1. The fourth-order valence-corrected chi connectivity index (χ4v) is 4.09. The topological polar surface area (TPSA) is 70.0 Å². The van der Waals surface area contributed by atoms with Crippen molar-refractivity contribution in [3.8, 4) is 6.07 Å². The molecule has 1 aliphatic carbocycles. The van der Waals surface area contributed by atoms with Crippen LogP contribution in [0.3, 0.4) is 0 Å². The summed E-state index contributed by atoms with van der Waals surface area (Å²) in [5.41, 5.74) is 0.191. The molecule has 0 bridgehead atoms. The Morgan fingerprint density at radius 2 is 1.90 bits per heavy atom. The maximum absolute atomic E-state index is 12.2. The normalized spacial score (nSPS) is 22.7. The molecule has 1 fully saturated rings. The van der Waals surface area contributed by atoms with Crippen molar-refractivity contribution in [2.45, 2.75) is 43.9 Å². The van der Waals surface area contributed by atoms with Gasteiger partial charge in [0.15, 0.2) is 0 Å². The molecule has 1 aromatic rings. The predicted molar refractivity (Wildman–Crippen MR) is 82.1 cm³/mol. The average molecular weight is 306 g/mol. The number of nitrogens with zero attached hydrogens (tertiary/aromatic N) is 1. The lowest BCUT2D eigenvalue weighted by Gasteiger charge is -2.26. The van der Waals surface area contributed by atoms with Crippen molar-refractivity contribution in [2.75, 3.05) is 6.54 Å². The summed E-state index contributed by atoms with van der Waals surface area (Å²) in [4.78, 5) is 0.0739. The average Bonchev–Trinajstić information content (AvgIpc) is 2.49. The third kappa shape index (κ3) is 4.29. The molecule has 0 aromatic heterocycles. The van der Waals surface area contributed by atoms with Gasteiger partial charge in [-0.05, 0) is 30.4 Å². The second kappa shape index (κ2) is 7.06. The molecular formula is C16H22N2O2S. The number of rotatable bonds is 5. The highest BCUT2D eigenvalue weighted by molar-refractivity contribution is 7.89. The fraction of sp³-hybridized carbons (Fsp3) is 0.562. The smallest absolute Gasteiger partial charge is 0.211 e. The van der Waals surface area contributed by atoms with Crippen LogP contribution in [0.25, 0.3) is 0 Å². The summed E-state index contributed by atoms with van der Waals surface area (Å²) in [6.07, 6.45) is 5.75. The first-order valence-corrected chi connectivity index (χ1v) is 9.00. The van der Waals surface area contributed by atoms with E-state index in [1.165, 1.54) is 37.8 Å². The van der Waals surface area contributed by atoms with E-state index in [9.17, 15) is 8.42 Å². The lowest BCUT2D eigenvalue weighted by atomic mass is 9.81. The lowest BCUT2D eigenvalue weighted by Crippen LogP contribution is -2.27. The summed E-state index contributed by atoms with van der Waals surface area (Å²) in [5.74, 6) is 1.43. The second-order valence-electron chi connectivity index (χ2n) is 5.92. The Morgan fingerprint density at radius 3 is 2.57 bits per heavy atom. The van der Waals surface area contributed by atoms with Crippen LogP contribution in [0.5, 0.6) is 0 Å². The van der Waals surface area contributed by atoms with Gasteiger partial charge < -0.3 is 0 Å². The summed E-state index contributed by atoms with van der Waals surface area (Å²) in [6.45, 7) is 2.72. The SMILES string of the molecule is CC1CCC(CCNS(=O)(=O)c2ccccc2C#N)CC1. The van der Waals surface area contributed by atoms with Crippen molar-refractivity contribution in [3.05, 3.63) is 29.8 Å². The van der Waals surface area contributed by atoms with Crippen LogP contribution >= 0.6 is 0 Å². The summed E-state index contributed by atoms with van der Waals surface area (Å²) < 4.78 is 27.1. The van der Waals surface area contributed by atoms with Gasteiger partial charge in [0.2, 0.25) is 10.0 Å². The molecule has 1 aromatic carbocycles. The van der Waals surface area contributed by atoms with Crippen LogP contribution in [-0.4, -0.2) is 15.0 Å². The number of hydrogen-bond acceptors (Lipinski definition) is 3. The van der Waals surface area contributed by atoms with Gasteiger partial charge in [-0.15, -0.1) is 0 Å². The molecule has 0 heterocycles. The van der Waals surface area contributed by atoms with Crippen LogP contribution in [0.1, 0.15) is 44.6 Å². The first-order valence-electron chi connectivity index (χ1n) is 7.51. The molecule has 0 unspecified atom stereocenters. The molecule has 1 aliphatic rings. The van der Waals surface area contributed by atoms with Crippen LogP contribution in [0.2, 0.25) is 0 Å². The molecule has 4 nitrogen and oxygen atoms in total. The van der Waals surface area contributed by atoms with Gasteiger partial charge in [0, 0.05) is 6.54 Å². The van der Waals surface area contributed by atoms with E-state index in [-0.39, 0.29) is 10.5 Å². The van der Waals surface area contributed by atoms with Crippen LogP contribution in [0, 0.1) is 23.2 Å². The van der Waals surface area contributed by atoms with Gasteiger partial charge in [0.25, 0.3) is 0 Å². The van der Waals surface area contributed by atoms with Crippen molar-refractivity contribution in [1.82, 2.24) is 4.72 Å². The lowest BCUT2D eigenvalue weighted by molar-refractivity contribution is 0.278. The van der Waals surface area contributed by atoms with E-state index in [1.807, 2.05) is 6.07 Å². The largest absolute Gasteiger partial charge is 0.241 e. The van der Waals surface area contributed by atoms with Gasteiger partial charge in [0.1, 0.15) is 6.07 Å². The van der Waals surface area contributed by atoms with Crippen molar-refractivity contribution in [3.63, 3.8) is 0 Å². The molecule has 0 radical (unpaired) electrons. The number of benzene rings is 1. The van der Waals surface area contributed by atoms with Crippen LogP contribution in [0.4, 0.5) is 0 Å². The Kier molecular flexibility index (Phi) is 5.38. The maximum Gasteiger partial charge on any atom is 0.241 e. The highest BCUT2D eigenvalue weighted by Crippen LogP contribution is 2.30. The molecule has 0 spiro atoms. The minimum absolute atomic E-state index is 0.0739. The zero-order valence-electron chi connectivity index (χ0n) is 12.4. The molecule has 114 valence electrons. The minimum Gasteiger partial charge on any atom is -0.211 e. The first kappa shape index (κ1) is 16.0. The van der Waals surface area contributed by atoms with E-state index < -0.39 is 10.0 Å². The zero-order valence-corrected chi connectivity index (χ0v) is 13.2. The molecule has 2 rings (SSSR count). The monoisotopic (exact) mass is 306 g/mol. The highest BCUT2D eigenvalue weighted by Gasteiger charge is 2.20. The van der Waals surface area contributed by atoms with Gasteiger partial charge in [-0.3, -0.25) is 0 Å². The first-order chi connectivity index (χ1) is 10.0. The van der Waals surface area contributed by atoms with Crippen molar-refractivity contribution in [1.29, 1.82) is 5.26 Å². The predicted octanol–water partition coefficient (Wildman–Crippen LogP) is 3.05. The molecule has 0 aliphatic heterocycles. The van der Waals surface area contributed by atoms with E-state index in [0.717, 1.165) is 12.3 Å². The Labute approximate surface area is 127 Å². The molecule has 1 saturated carbocycles. The minimum atomic E-state index is -3.59. The quantitative estimate of drug-likeness (QED) is 0.909. The highest BCUT2D eigenvalue weighted by atomic mass is 32.2. The van der Waals surface area contributed by atoms with Crippen LogP contribution < -0.4 is 4.72 Å². The molecular weight excluding hydrogens is 284 g/mol. The van der Waals surface area contributed by atoms with Crippen molar-refractivity contribution >= 4 is 10.0 Å². The van der Waals surface area contributed by atoms with Crippen molar-refractivity contribution < 1.29 is 8.42 Å². The standard InChI is InChI=1S/C16H22N2O2S/c1-13-6-8-14(9-7-13)10-11-18-21(19,20)16-5-3-2-4-15(16)12-17/h2-5,13-14,18H,6-11H2,1H3. The van der Waals surface area contributed by atoms with Gasteiger partial charge >= 0.3 is 0 Å². The van der Waals surface area contributed by atoms with Gasteiger partial charge in [0.05, 0.1) is 10.5 Å². The molecule has 21 heavy (non-hydrogen) atoms. The van der Waals surface area contributed by atoms with Gasteiger partial charge in [-0.2, -0.15) is 5.26 Å². The van der Waals surface area contributed by atoms with Gasteiger partial charge in [-0.1, -0.05) is 44.7 Å².